The summed E-state index contributed by atoms with van der Waals surface area (Å²) in [6, 6.07) is 10.6. The summed E-state index contributed by atoms with van der Waals surface area (Å²) in [4.78, 5) is 30.7. The minimum atomic E-state index is -1.01. The van der Waals surface area contributed by atoms with E-state index in [0.717, 1.165) is 54.2 Å². The molecule has 10 nitrogen and oxygen atoms in total. The van der Waals surface area contributed by atoms with E-state index in [-0.39, 0.29) is 18.5 Å². The lowest BCUT2D eigenvalue weighted by Gasteiger charge is -2.49. The van der Waals surface area contributed by atoms with Gasteiger partial charge in [-0.3, -0.25) is 9.69 Å². The standard InChI is InChI=1S/C31H38FN7O3/c1-21(32)29(40)39-15-14-38(18-22(39)10-12-33)28-24-19-37(3)31(11-16-41-27-9-5-4-8-25(27)31)17-26(24)34-30(35-28)42-20-23-7-6-13-36(23)2/h4-5,8-9,22-23H,1,6-7,10-11,13-20H2,2-3H3/t22-,23-,31?/m0/s1. The Morgan fingerprint density at radius 1 is 1.24 bits per heavy atom. The highest BCUT2D eigenvalue weighted by Gasteiger charge is 2.46. The molecule has 42 heavy (non-hydrogen) atoms. The third kappa shape index (κ3) is 5.07. The van der Waals surface area contributed by atoms with Crippen molar-refractivity contribution in [2.24, 2.45) is 0 Å². The Kier molecular flexibility index (Phi) is 7.77. The lowest BCUT2D eigenvalue weighted by atomic mass is 9.76. The normalized spacial score (nSPS) is 25.9. The number of benzene rings is 1. The van der Waals surface area contributed by atoms with Crippen LogP contribution >= 0.6 is 0 Å². The van der Waals surface area contributed by atoms with Gasteiger partial charge in [0.2, 0.25) is 0 Å². The SMILES string of the molecule is C=C(F)C(=O)N1CCN(c2nc(OC[C@@H]3CCCN3C)nc3c2CN(C)C2(CCOc4ccccc42)C3)C[C@@H]1CC#N. The third-order valence-electron chi connectivity index (χ3n) is 9.48. The molecule has 3 atom stereocenters. The number of halogens is 1. The molecule has 1 amide bonds. The fourth-order valence-corrected chi connectivity index (χ4v) is 7.06. The largest absolute Gasteiger partial charge is 0.493 e. The molecule has 0 N–H and O–H groups in total. The Morgan fingerprint density at radius 3 is 2.83 bits per heavy atom. The zero-order valence-electron chi connectivity index (χ0n) is 24.4. The van der Waals surface area contributed by atoms with Crippen molar-refractivity contribution in [2.75, 3.05) is 58.4 Å². The van der Waals surface area contributed by atoms with Crippen LogP contribution in [0.15, 0.2) is 36.7 Å². The monoisotopic (exact) mass is 575 g/mol. The van der Waals surface area contributed by atoms with Gasteiger partial charge in [-0.1, -0.05) is 24.8 Å². The minimum absolute atomic E-state index is 0.0833. The topological polar surface area (TPSA) is 98.1 Å². The van der Waals surface area contributed by atoms with Gasteiger partial charge in [0.1, 0.15) is 18.2 Å². The highest BCUT2D eigenvalue weighted by molar-refractivity contribution is 5.91. The number of nitriles is 1. The summed E-state index contributed by atoms with van der Waals surface area (Å²) in [6.45, 7) is 7.05. The van der Waals surface area contributed by atoms with Crippen molar-refractivity contribution in [3.05, 3.63) is 53.5 Å². The second kappa shape index (κ2) is 11.5. The van der Waals surface area contributed by atoms with E-state index in [4.69, 9.17) is 19.4 Å². The van der Waals surface area contributed by atoms with Crippen molar-refractivity contribution in [3.8, 4) is 17.8 Å². The van der Waals surface area contributed by atoms with Crippen molar-refractivity contribution in [1.82, 2.24) is 24.7 Å². The van der Waals surface area contributed by atoms with Gasteiger partial charge in [-0.15, -0.1) is 0 Å². The van der Waals surface area contributed by atoms with Gasteiger partial charge in [0, 0.05) is 56.2 Å². The molecule has 0 bridgehead atoms. The van der Waals surface area contributed by atoms with Gasteiger partial charge in [-0.2, -0.15) is 15.2 Å². The molecule has 1 unspecified atom stereocenters. The molecule has 0 aliphatic carbocycles. The van der Waals surface area contributed by atoms with Crippen molar-refractivity contribution < 1.29 is 18.7 Å². The van der Waals surface area contributed by atoms with Crippen LogP contribution in [0.5, 0.6) is 11.8 Å². The van der Waals surface area contributed by atoms with Crippen LogP contribution in [0.4, 0.5) is 10.2 Å². The van der Waals surface area contributed by atoms with Crippen LogP contribution in [0.2, 0.25) is 0 Å². The number of anilines is 1. The number of nitrogens with zero attached hydrogens (tertiary/aromatic N) is 7. The number of carbonyl (C=O) groups excluding carboxylic acids is 1. The van der Waals surface area contributed by atoms with E-state index in [1.54, 1.807) is 0 Å². The van der Waals surface area contributed by atoms with Gasteiger partial charge in [0.25, 0.3) is 5.91 Å². The Balaban J connectivity index is 1.37. The van der Waals surface area contributed by atoms with Crippen LogP contribution in [-0.2, 0) is 23.3 Å². The third-order valence-corrected chi connectivity index (χ3v) is 9.48. The summed E-state index contributed by atoms with van der Waals surface area (Å²) in [5.41, 5.74) is 2.85. The van der Waals surface area contributed by atoms with Crippen molar-refractivity contribution in [1.29, 1.82) is 5.26 Å². The number of amides is 1. The highest BCUT2D eigenvalue weighted by Crippen LogP contribution is 2.47. The molecular weight excluding hydrogens is 537 g/mol. The number of carbonyl (C=O) groups is 1. The van der Waals surface area contributed by atoms with Crippen molar-refractivity contribution >= 4 is 11.7 Å². The number of likely N-dealkylation sites (N-methyl/N-ethyl adjacent to an activating group) is 2. The average Bonchev–Trinajstić information content (AvgIpc) is 3.40. The number of hydrogen-bond acceptors (Lipinski definition) is 9. The molecule has 1 spiro atoms. The van der Waals surface area contributed by atoms with Crippen LogP contribution in [-0.4, -0.2) is 96.1 Å². The zero-order chi connectivity index (χ0) is 29.4. The molecule has 2 aromatic rings. The van der Waals surface area contributed by atoms with Crippen LogP contribution in [0.1, 0.15) is 42.5 Å². The molecule has 11 heteroatoms. The minimum Gasteiger partial charge on any atom is -0.493 e. The molecule has 4 aliphatic heterocycles. The Bertz CT molecular complexity index is 1410. The van der Waals surface area contributed by atoms with Gasteiger partial charge in [0.15, 0.2) is 5.83 Å². The zero-order valence-corrected chi connectivity index (χ0v) is 24.4. The van der Waals surface area contributed by atoms with Crippen molar-refractivity contribution in [2.45, 2.75) is 56.3 Å². The molecule has 0 saturated carbocycles. The number of rotatable bonds is 6. The summed E-state index contributed by atoms with van der Waals surface area (Å²) in [7, 11) is 4.25. The molecule has 4 aliphatic rings. The van der Waals surface area contributed by atoms with Gasteiger partial charge in [-0.25, -0.2) is 4.39 Å². The van der Waals surface area contributed by atoms with Crippen LogP contribution in [0.25, 0.3) is 0 Å². The molecule has 2 fully saturated rings. The maximum Gasteiger partial charge on any atom is 0.318 e. The fourth-order valence-electron chi connectivity index (χ4n) is 7.06. The van der Waals surface area contributed by atoms with E-state index in [9.17, 15) is 14.4 Å². The summed E-state index contributed by atoms with van der Waals surface area (Å²) in [6.07, 6.45) is 3.81. The maximum absolute atomic E-state index is 13.8. The van der Waals surface area contributed by atoms with E-state index >= 15 is 0 Å². The quantitative estimate of drug-likeness (QED) is 0.482. The number of hydrogen-bond donors (Lipinski definition) is 0. The molecule has 6 rings (SSSR count). The highest BCUT2D eigenvalue weighted by atomic mass is 19.1. The number of para-hydroxylation sites is 1. The first-order chi connectivity index (χ1) is 20.3. The summed E-state index contributed by atoms with van der Waals surface area (Å²) in [5.74, 6) is -0.110. The van der Waals surface area contributed by atoms with Gasteiger partial charge < -0.3 is 24.2 Å². The summed E-state index contributed by atoms with van der Waals surface area (Å²) < 4.78 is 26.1. The average molecular weight is 576 g/mol. The molecular formula is C31H38FN7O3. The van der Waals surface area contributed by atoms with Gasteiger partial charge in [-0.05, 0) is 39.5 Å². The van der Waals surface area contributed by atoms with Crippen LogP contribution < -0.4 is 14.4 Å². The van der Waals surface area contributed by atoms with E-state index in [2.05, 4.69) is 53.6 Å². The smallest absolute Gasteiger partial charge is 0.318 e. The van der Waals surface area contributed by atoms with Crippen molar-refractivity contribution in [3.63, 3.8) is 0 Å². The van der Waals surface area contributed by atoms with E-state index < -0.39 is 17.8 Å². The van der Waals surface area contributed by atoms with Crippen LogP contribution in [0.3, 0.4) is 0 Å². The number of likely N-dealkylation sites (tertiary alicyclic amines) is 1. The second-order valence-electron chi connectivity index (χ2n) is 11.9. The number of piperazine rings is 1. The Hall–Kier alpha value is -3.75. The Labute approximate surface area is 246 Å². The lowest BCUT2D eigenvalue weighted by Crippen LogP contribution is -2.56. The molecule has 222 valence electrons. The molecule has 5 heterocycles. The molecule has 0 radical (unpaired) electrons. The molecule has 2 saturated heterocycles. The van der Waals surface area contributed by atoms with Crippen LogP contribution in [0, 0.1) is 11.3 Å². The second-order valence-corrected chi connectivity index (χ2v) is 11.9. The van der Waals surface area contributed by atoms with Gasteiger partial charge >= 0.3 is 6.01 Å². The van der Waals surface area contributed by atoms with E-state index in [0.29, 0.717) is 51.3 Å². The predicted octanol–water partition coefficient (Wildman–Crippen LogP) is 3.03. The number of aromatic nitrogens is 2. The Morgan fingerprint density at radius 2 is 2.07 bits per heavy atom. The van der Waals surface area contributed by atoms with E-state index in [1.165, 1.54) is 4.90 Å². The number of ether oxygens (including phenoxy) is 2. The summed E-state index contributed by atoms with van der Waals surface area (Å²) >= 11 is 0. The van der Waals surface area contributed by atoms with Gasteiger partial charge in [0.05, 0.1) is 36.4 Å². The first-order valence-electron chi connectivity index (χ1n) is 14.7. The maximum atomic E-state index is 13.8. The first-order valence-corrected chi connectivity index (χ1v) is 14.7. The first kappa shape index (κ1) is 28.4. The number of fused-ring (bicyclic) bond motifs is 3. The fraction of sp³-hybridized carbons (Fsp3) is 0.548. The molecule has 1 aromatic carbocycles. The molecule has 1 aromatic heterocycles. The predicted molar refractivity (Wildman–Crippen MR) is 155 cm³/mol. The summed E-state index contributed by atoms with van der Waals surface area (Å²) in [5, 5.41) is 9.51. The lowest BCUT2D eigenvalue weighted by molar-refractivity contribution is -0.131. The van der Waals surface area contributed by atoms with E-state index in [1.807, 2.05) is 12.1 Å².